The number of carbonyl (C=O) groups excluding carboxylic acids is 2. The highest BCUT2D eigenvalue weighted by Gasteiger charge is 2.46. The first-order chi connectivity index (χ1) is 14.0. The van der Waals surface area contributed by atoms with Crippen LogP contribution < -0.4 is 14.8 Å². The van der Waals surface area contributed by atoms with Crippen LogP contribution in [0.1, 0.15) is 30.9 Å². The number of amides is 2. The van der Waals surface area contributed by atoms with Gasteiger partial charge in [0.05, 0.1) is 14.2 Å². The third-order valence-electron chi connectivity index (χ3n) is 5.54. The molecule has 1 fully saturated rings. The third-order valence-corrected chi connectivity index (χ3v) is 5.54. The van der Waals surface area contributed by atoms with Crippen LogP contribution in [0, 0.1) is 0 Å². The van der Waals surface area contributed by atoms with Crippen LogP contribution in [0.25, 0.3) is 0 Å². The molecule has 3 rings (SSSR count). The molecule has 6 heteroatoms. The third kappa shape index (κ3) is 4.53. The fourth-order valence-corrected chi connectivity index (χ4v) is 3.71. The maximum absolute atomic E-state index is 13.0. The van der Waals surface area contributed by atoms with Crippen LogP contribution in [0.2, 0.25) is 0 Å². The Bertz CT molecular complexity index is 868. The lowest BCUT2D eigenvalue weighted by molar-refractivity contribution is -0.141. The number of ether oxygens (including phenoxy) is 2. The number of nitrogens with zero attached hydrogens (tertiary/aromatic N) is 1. The minimum atomic E-state index is -0.829. The molecule has 2 aromatic rings. The number of nitrogens with one attached hydrogen (secondary N) is 1. The smallest absolute Gasteiger partial charge is 0.245 e. The van der Waals surface area contributed by atoms with Gasteiger partial charge in [0.2, 0.25) is 11.8 Å². The zero-order valence-corrected chi connectivity index (χ0v) is 17.2. The van der Waals surface area contributed by atoms with Gasteiger partial charge in [-0.25, -0.2) is 0 Å². The molecule has 2 amide bonds. The first-order valence-corrected chi connectivity index (χ1v) is 9.81. The Hall–Kier alpha value is -3.02. The molecule has 0 radical (unpaired) electrons. The Morgan fingerprint density at radius 3 is 2.48 bits per heavy atom. The largest absolute Gasteiger partial charge is 0.493 e. The molecule has 1 heterocycles. The van der Waals surface area contributed by atoms with Crippen molar-refractivity contribution in [3.8, 4) is 11.5 Å². The molecular formula is C23H28N2O4. The number of methoxy groups -OCH3 is 2. The molecule has 0 saturated carbocycles. The van der Waals surface area contributed by atoms with E-state index in [0.717, 1.165) is 11.1 Å². The quantitative estimate of drug-likeness (QED) is 0.745. The second-order valence-corrected chi connectivity index (χ2v) is 7.43. The molecule has 0 spiro atoms. The van der Waals surface area contributed by atoms with Crippen LogP contribution in [-0.2, 0) is 22.6 Å². The molecule has 1 saturated heterocycles. The topological polar surface area (TPSA) is 67.9 Å². The lowest BCUT2D eigenvalue weighted by atomic mass is 9.97. The molecule has 0 aromatic heterocycles. The van der Waals surface area contributed by atoms with Gasteiger partial charge in [0.1, 0.15) is 5.54 Å². The molecule has 0 aliphatic carbocycles. The van der Waals surface area contributed by atoms with E-state index in [0.29, 0.717) is 43.9 Å². The van der Waals surface area contributed by atoms with E-state index in [1.165, 1.54) is 0 Å². The van der Waals surface area contributed by atoms with Crippen molar-refractivity contribution in [1.82, 2.24) is 10.2 Å². The summed E-state index contributed by atoms with van der Waals surface area (Å²) >= 11 is 0. The lowest BCUT2D eigenvalue weighted by Gasteiger charge is -2.34. The van der Waals surface area contributed by atoms with Crippen molar-refractivity contribution in [2.75, 3.05) is 20.8 Å². The summed E-state index contributed by atoms with van der Waals surface area (Å²) in [7, 11) is 3.20. The van der Waals surface area contributed by atoms with Gasteiger partial charge in [-0.3, -0.25) is 9.59 Å². The molecular weight excluding hydrogens is 368 g/mol. The van der Waals surface area contributed by atoms with Crippen molar-refractivity contribution in [3.05, 3.63) is 59.7 Å². The second kappa shape index (κ2) is 8.99. The molecule has 6 nitrogen and oxygen atoms in total. The monoisotopic (exact) mass is 396 g/mol. The van der Waals surface area contributed by atoms with Gasteiger partial charge in [0.15, 0.2) is 11.5 Å². The van der Waals surface area contributed by atoms with E-state index in [1.54, 1.807) is 19.1 Å². The molecule has 0 bridgehead atoms. The first-order valence-electron chi connectivity index (χ1n) is 9.81. The highest BCUT2D eigenvalue weighted by atomic mass is 16.5. The fraction of sp³-hybridized carbons (Fsp3) is 0.391. The SMILES string of the molecule is COc1ccc(CCNC(=O)C2(C)CCC(=O)N2Cc2ccccc2)cc1OC. The van der Waals surface area contributed by atoms with E-state index in [4.69, 9.17) is 9.47 Å². The van der Waals surface area contributed by atoms with Crippen molar-refractivity contribution in [3.63, 3.8) is 0 Å². The summed E-state index contributed by atoms with van der Waals surface area (Å²) in [5, 5.41) is 3.01. The van der Waals surface area contributed by atoms with E-state index in [2.05, 4.69) is 5.32 Å². The Morgan fingerprint density at radius 2 is 1.79 bits per heavy atom. The van der Waals surface area contributed by atoms with Gasteiger partial charge in [-0.15, -0.1) is 0 Å². The van der Waals surface area contributed by atoms with Gasteiger partial charge in [-0.05, 0) is 43.0 Å². The molecule has 1 N–H and O–H groups in total. The van der Waals surface area contributed by atoms with Crippen LogP contribution in [0.3, 0.4) is 0 Å². The summed E-state index contributed by atoms with van der Waals surface area (Å²) in [6.45, 7) is 2.78. The molecule has 2 aromatic carbocycles. The van der Waals surface area contributed by atoms with Crippen molar-refractivity contribution >= 4 is 11.8 Å². The Kier molecular flexibility index (Phi) is 6.42. The van der Waals surface area contributed by atoms with Crippen LogP contribution in [0.15, 0.2) is 48.5 Å². The van der Waals surface area contributed by atoms with Crippen molar-refractivity contribution in [2.45, 2.75) is 38.3 Å². The van der Waals surface area contributed by atoms with Gasteiger partial charge < -0.3 is 19.7 Å². The maximum atomic E-state index is 13.0. The number of benzene rings is 2. The molecule has 154 valence electrons. The summed E-state index contributed by atoms with van der Waals surface area (Å²) < 4.78 is 10.6. The fourth-order valence-electron chi connectivity index (χ4n) is 3.71. The standard InChI is InChI=1S/C23H28N2O4/c1-23(13-11-21(26)25(23)16-18-7-5-4-6-8-18)22(27)24-14-12-17-9-10-19(28-2)20(15-17)29-3/h4-10,15H,11-14,16H2,1-3H3,(H,24,27). The van der Waals surface area contributed by atoms with E-state index >= 15 is 0 Å². The number of likely N-dealkylation sites (tertiary alicyclic amines) is 1. The van der Waals surface area contributed by atoms with Gasteiger partial charge in [0.25, 0.3) is 0 Å². The van der Waals surface area contributed by atoms with Crippen LogP contribution in [0.5, 0.6) is 11.5 Å². The summed E-state index contributed by atoms with van der Waals surface area (Å²) in [4.78, 5) is 27.1. The molecule has 1 unspecified atom stereocenters. The number of hydrogen-bond acceptors (Lipinski definition) is 4. The molecule has 1 aliphatic rings. The van der Waals surface area contributed by atoms with E-state index in [9.17, 15) is 9.59 Å². The summed E-state index contributed by atoms with van der Waals surface area (Å²) in [5.74, 6) is 1.25. The zero-order valence-electron chi connectivity index (χ0n) is 17.2. The second-order valence-electron chi connectivity index (χ2n) is 7.43. The highest BCUT2D eigenvalue weighted by Crippen LogP contribution is 2.32. The van der Waals surface area contributed by atoms with Gasteiger partial charge in [0, 0.05) is 19.5 Å². The average Bonchev–Trinajstić information content (AvgIpc) is 3.04. The van der Waals surface area contributed by atoms with E-state index in [1.807, 2.05) is 55.5 Å². The molecule has 1 atom stereocenters. The summed E-state index contributed by atoms with van der Waals surface area (Å²) in [6, 6.07) is 15.5. The van der Waals surface area contributed by atoms with E-state index in [-0.39, 0.29) is 11.8 Å². The van der Waals surface area contributed by atoms with Crippen LogP contribution in [0.4, 0.5) is 0 Å². The Morgan fingerprint density at radius 1 is 1.07 bits per heavy atom. The van der Waals surface area contributed by atoms with Crippen molar-refractivity contribution in [1.29, 1.82) is 0 Å². The van der Waals surface area contributed by atoms with Gasteiger partial charge in [-0.2, -0.15) is 0 Å². The first kappa shape index (κ1) is 20.7. The summed E-state index contributed by atoms with van der Waals surface area (Å²) in [6.07, 6.45) is 1.59. The normalized spacial score (nSPS) is 18.6. The number of rotatable bonds is 8. The van der Waals surface area contributed by atoms with Crippen LogP contribution >= 0.6 is 0 Å². The Balaban J connectivity index is 1.62. The highest BCUT2D eigenvalue weighted by molar-refractivity contribution is 5.94. The predicted octanol–water partition coefficient (Wildman–Crippen LogP) is 2.94. The Labute approximate surface area is 171 Å². The lowest BCUT2D eigenvalue weighted by Crippen LogP contribution is -2.54. The minimum absolute atomic E-state index is 0.0198. The minimum Gasteiger partial charge on any atom is -0.493 e. The van der Waals surface area contributed by atoms with Crippen LogP contribution in [-0.4, -0.2) is 43.0 Å². The van der Waals surface area contributed by atoms with Crippen molar-refractivity contribution < 1.29 is 19.1 Å². The maximum Gasteiger partial charge on any atom is 0.245 e. The number of carbonyl (C=O) groups is 2. The van der Waals surface area contributed by atoms with Gasteiger partial charge >= 0.3 is 0 Å². The average molecular weight is 396 g/mol. The van der Waals surface area contributed by atoms with E-state index < -0.39 is 5.54 Å². The van der Waals surface area contributed by atoms with Gasteiger partial charge in [-0.1, -0.05) is 36.4 Å². The van der Waals surface area contributed by atoms with Crippen molar-refractivity contribution in [2.24, 2.45) is 0 Å². The zero-order chi connectivity index (χ0) is 20.9. The number of hydrogen-bond donors (Lipinski definition) is 1. The molecule has 29 heavy (non-hydrogen) atoms. The predicted molar refractivity (Wildman–Crippen MR) is 111 cm³/mol. The summed E-state index contributed by atoms with van der Waals surface area (Å²) in [5.41, 5.74) is 1.23. The molecule has 1 aliphatic heterocycles.